The molecule has 0 aromatic heterocycles. The molecule has 0 radical (unpaired) electrons. The van der Waals surface area contributed by atoms with E-state index < -0.39 is 0 Å². The molecule has 3 unspecified atom stereocenters. The first-order valence-corrected chi connectivity index (χ1v) is 7.31. The van der Waals surface area contributed by atoms with Crippen molar-refractivity contribution in [1.82, 2.24) is 9.80 Å². The van der Waals surface area contributed by atoms with Crippen LogP contribution in [0.1, 0.15) is 33.1 Å². The maximum Gasteiger partial charge on any atom is 0.246 e. The van der Waals surface area contributed by atoms with Gasteiger partial charge >= 0.3 is 0 Å². The summed E-state index contributed by atoms with van der Waals surface area (Å²) >= 11 is 0. The van der Waals surface area contributed by atoms with Crippen molar-refractivity contribution in [2.75, 3.05) is 19.8 Å². The Balaban J connectivity index is 1.93. The van der Waals surface area contributed by atoms with Crippen molar-refractivity contribution in [2.24, 2.45) is 5.92 Å². The van der Waals surface area contributed by atoms with Crippen LogP contribution in [-0.2, 0) is 14.3 Å². The van der Waals surface area contributed by atoms with Crippen molar-refractivity contribution < 1.29 is 14.3 Å². The third-order valence-corrected chi connectivity index (χ3v) is 4.56. The van der Waals surface area contributed by atoms with E-state index in [0.717, 1.165) is 25.8 Å². The minimum Gasteiger partial charge on any atom is -0.379 e. The zero-order valence-electron chi connectivity index (χ0n) is 11.7. The lowest BCUT2D eigenvalue weighted by molar-refractivity contribution is -0.164. The maximum atomic E-state index is 12.7. The van der Waals surface area contributed by atoms with Gasteiger partial charge < -0.3 is 14.5 Å². The van der Waals surface area contributed by atoms with Gasteiger partial charge in [0.25, 0.3) is 0 Å². The third kappa shape index (κ3) is 1.95. The SMILES string of the molecule is CC(C)C1C(=O)N2CCCC2C(=O)N1C1CCOC1. The van der Waals surface area contributed by atoms with E-state index in [-0.39, 0.29) is 35.9 Å². The topological polar surface area (TPSA) is 49.9 Å². The molecular formula is C14H22N2O3. The standard InChI is InChI=1S/C14H22N2O3/c1-9(2)12-14(18)15-6-3-4-11(15)13(17)16(12)10-5-7-19-8-10/h9-12H,3-8H2,1-2H3. The van der Waals surface area contributed by atoms with Gasteiger partial charge in [-0.05, 0) is 25.2 Å². The van der Waals surface area contributed by atoms with Gasteiger partial charge in [0.2, 0.25) is 11.8 Å². The van der Waals surface area contributed by atoms with Gasteiger partial charge in [-0.1, -0.05) is 13.8 Å². The second-order valence-corrected chi connectivity index (χ2v) is 6.14. The van der Waals surface area contributed by atoms with Gasteiger partial charge in [-0.3, -0.25) is 9.59 Å². The number of piperazine rings is 1. The van der Waals surface area contributed by atoms with Crippen LogP contribution < -0.4 is 0 Å². The van der Waals surface area contributed by atoms with Crippen LogP contribution in [0, 0.1) is 5.92 Å². The highest BCUT2D eigenvalue weighted by atomic mass is 16.5. The zero-order valence-corrected chi connectivity index (χ0v) is 11.7. The van der Waals surface area contributed by atoms with Crippen LogP contribution in [-0.4, -0.2) is 59.5 Å². The Morgan fingerprint density at radius 1 is 1.21 bits per heavy atom. The molecule has 106 valence electrons. The molecule has 5 nitrogen and oxygen atoms in total. The summed E-state index contributed by atoms with van der Waals surface area (Å²) in [6.07, 6.45) is 2.62. The molecule has 0 bridgehead atoms. The molecule has 0 aromatic rings. The molecule has 3 fully saturated rings. The molecule has 0 N–H and O–H groups in total. The Hall–Kier alpha value is -1.10. The van der Waals surface area contributed by atoms with Gasteiger partial charge in [0.15, 0.2) is 0 Å². The molecular weight excluding hydrogens is 244 g/mol. The summed E-state index contributed by atoms with van der Waals surface area (Å²) in [6, 6.07) is -0.414. The van der Waals surface area contributed by atoms with E-state index in [9.17, 15) is 9.59 Å². The summed E-state index contributed by atoms with van der Waals surface area (Å²) in [4.78, 5) is 29.0. The lowest BCUT2D eigenvalue weighted by Crippen LogP contribution is -2.66. The number of ether oxygens (including phenoxy) is 1. The van der Waals surface area contributed by atoms with Crippen molar-refractivity contribution >= 4 is 11.8 Å². The minimum atomic E-state index is -0.298. The number of hydrogen-bond donors (Lipinski definition) is 0. The van der Waals surface area contributed by atoms with Crippen molar-refractivity contribution in [3.63, 3.8) is 0 Å². The molecule has 3 aliphatic rings. The van der Waals surface area contributed by atoms with Crippen LogP contribution in [0.4, 0.5) is 0 Å². The Morgan fingerprint density at radius 3 is 2.63 bits per heavy atom. The van der Waals surface area contributed by atoms with Gasteiger partial charge in [-0.2, -0.15) is 0 Å². The molecule has 0 aliphatic carbocycles. The van der Waals surface area contributed by atoms with E-state index in [1.165, 1.54) is 0 Å². The Kier molecular flexibility index (Phi) is 3.25. The first kappa shape index (κ1) is 12.9. The van der Waals surface area contributed by atoms with Crippen LogP contribution in [0.15, 0.2) is 0 Å². The summed E-state index contributed by atoms with van der Waals surface area (Å²) in [7, 11) is 0. The first-order chi connectivity index (χ1) is 9.11. The molecule has 0 saturated carbocycles. The highest BCUT2D eigenvalue weighted by Crippen LogP contribution is 2.32. The summed E-state index contributed by atoms with van der Waals surface area (Å²) in [5, 5.41) is 0. The number of rotatable bonds is 2. The molecule has 3 heterocycles. The number of fused-ring (bicyclic) bond motifs is 1. The molecule has 0 aromatic carbocycles. The molecule has 3 rings (SSSR count). The van der Waals surface area contributed by atoms with Crippen molar-refractivity contribution in [3.8, 4) is 0 Å². The average molecular weight is 266 g/mol. The predicted molar refractivity (Wildman–Crippen MR) is 69.4 cm³/mol. The number of hydrogen-bond acceptors (Lipinski definition) is 3. The molecule has 0 spiro atoms. The van der Waals surface area contributed by atoms with Crippen LogP contribution in [0.5, 0.6) is 0 Å². The molecule has 3 atom stereocenters. The zero-order chi connectivity index (χ0) is 13.6. The first-order valence-electron chi connectivity index (χ1n) is 7.31. The Labute approximate surface area is 113 Å². The highest BCUT2D eigenvalue weighted by molar-refractivity contribution is 5.97. The summed E-state index contributed by atoms with van der Waals surface area (Å²) in [6.45, 7) is 6.06. The van der Waals surface area contributed by atoms with Crippen molar-refractivity contribution in [3.05, 3.63) is 0 Å². The number of nitrogens with zero attached hydrogens (tertiary/aromatic N) is 2. The number of amides is 2. The lowest BCUT2D eigenvalue weighted by Gasteiger charge is -2.46. The normalized spacial score (nSPS) is 35.4. The molecule has 3 aliphatic heterocycles. The highest BCUT2D eigenvalue weighted by Gasteiger charge is 2.51. The predicted octanol–water partition coefficient (Wildman–Crippen LogP) is 0.633. The van der Waals surface area contributed by atoms with Crippen molar-refractivity contribution in [1.29, 1.82) is 0 Å². The summed E-state index contributed by atoms with van der Waals surface area (Å²) in [5.41, 5.74) is 0. The smallest absolute Gasteiger partial charge is 0.246 e. The third-order valence-electron chi connectivity index (χ3n) is 4.56. The second-order valence-electron chi connectivity index (χ2n) is 6.14. The molecule has 2 amide bonds. The molecule has 3 saturated heterocycles. The van der Waals surface area contributed by atoms with Crippen LogP contribution >= 0.6 is 0 Å². The van der Waals surface area contributed by atoms with E-state index in [4.69, 9.17) is 4.74 Å². The lowest BCUT2D eigenvalue weighted by atomic mass is 9.93. The van der Waals surface area contributed by atoms with E-state index in [0.29, 0.717) is 13.2 Å². The van der Waals surface area contributed by atoms with Crippen molar-refractivity contribution in [2.45, 2.75) is 51.2 Å². The number of carbonyl (C=O) groups is 2. The monoisotopic (exact) mass is 266 g/mol. The largest absolute Gasteiger partial charge is 0.379 e. The van der Waals surface area contributed by atoms with E-state index >= 15 is 0 Å². The van der Waals surface area contributed by atoms with Crippen LogP contribution in [0.25, 0.3) is 0 Å². The average Bonchev–Trinajstić information content (AvgIpc) is 3.02. The van der Waals surface area contributed by atoms with Gasteiger partial charge in [0.1, 0.15) is 12.1 Å². The van der Waals surface area contributed by atoms with Gasteiger partial charge in [-0.15, -0.1) is 0 Å². The Bertz CT molecular complexity index is 390. The fourth-order valence-electron chi connectivity index (χ4n) is 3.64. The van der Waals surface area contributed by atoms with Crippen LogP contribution in [0.2, 0.25) is 0 Å². The van der Waals surface area contributed by atoms with Crippen LogP contribution in [0.3, 0.4) is 0 Å². The fraction of sp³-hybridized carbons (Fsp3) is 0.857. The molecule has 19 heavy (non-hydrogen) atoms. The van der Waals surface area contributed by atoms with E-state index in [1.54, 1.807) is 4.90 Å². The second kappa shape index (κ2) is 4.78. The minimum absolute atomic E-state index is 0.0894. The van der Waals surface area contributed by atoms with Gasteiger partial charge in [0.05, 0.1) is 12.6 Å². The van der Waals surface area contributed by atoms with E-state index in [1.807, 2.05) is 18.7 Å². The van der Waals surface area contributed by atoms with E-state index in [2.05, 4.69) is 0 Å². The number of carbonyl (C=O) groups excluding carboxylic acids is 2. The molecule has 5 heteroatoms. The fourth-order valence-corrected chi connectivity index (χ4v) is 3.64. The maximum absolute atomic E-state index is 12.7. The van der Waals surface area contributed by atoms with Gasteiger partial charge in [0, 0.05) is 13.2 Å². The Morgan fingerprint density at radius 2 is 2.00 bits per heavy atom. The van der Waals surface area contributed by atoms with Gasteiger partial charge in [-0.25, -0.2) is 0 Å². The quantitative estimate of drug-likeness (QED) is 0.737. The summed E-state index contributed by atoms with van der Waals surface area (Å²) < 4.78 is 5.41. The summed E-state index contributed by atoms with van der Waals surface area (Å²) in [5.74, 6) is 0.439.